The Morgan fingerprint density at radius 3 is 2.50 bits per heavy atom. The van der Waals surface area contributed by atoms with Gasteiger partial charge in [-0.3, -0.25) is 4.79 Å². The van der Waals surface area contributed by atoms with Crippen molar-refractivity contribution >= 4 is 5.97 Å². The summed E-state index contributed by atoms with van der Waals surface area (Å²) in [7, 11) is 4.04. The summed E-state index contributed by atoms with van der Waals surface area (Å²) in [4.78, 5) is 12.8. The molecule has 0 heterocycles. The van der Waals surface area contributed by atoms with Gasteiger partial charge in [0.1, 0.15) is 0 Å². The van der Waals surface area contributed by atoms with Crippen LogP contribution in [0, 0.1) is 5.92 Å². The van der Waals surface area contributed by atoms with Crippen LogP contribution in [0.5, 0.6) is 0 Å². The molecular weight excluding hydrogens is 226 g/mol. The molecule has 3 nitrogen and oxygen atoms in total. The zero-order valence-corrected chi connectivity index (χ0v) is 12.4. The van der Waals surface area contributed by atoms with Crippen LogP contribution in [0.15, 0.2) is 12.2 Å². The third-order valence-corrected chi connectivity index (χ3v) is 3.34. The Labute approximate surface area is 112 Å². The number of carboxylic acid groups (broad SMARTS) is 1. The first kappa shape index (κ1) is 17.2. The van der Waals surface area contributed by atoms with Crippen molar-refractivity contribution in [1.82, 2.24) is 4.90 Å². The van der Waals surface area contributed by atoms with Gasteiger partial charge in [-0.25, -0.2) is 0 Å². The van der Waals surface area contributed by atoms with E-state index in [1.807, 2.05) is 14.1 Å². The summed E-state index contributed by atoms with van der Waals surface area (Å²) in [5, 5.41) is 8.76. The quantitative estimate of drug-likeness (QED) is 0.479. The Morgan fingerprint density at radius 1 is 1.33 bits per heavy atom. The van der Waals surface area contributed by atoms with E-state index in [1.165, 1.54) is 19.3 Å². The molecule has 0 fully saturated rings. The average Bonchev–Trinajstić information content (AvgIpc) is 2.28. The summed E-state index contributed by atoms with van der Waals surface area (Å²) in [5.41, 5.74) is 0. The highest BCUT2D eigenvalue weighted by Crippen LogP contribution is 2.16. The van der Waals surface area contributed by atoms with Gasteiger partial charge in [0.15, 0.2) is 0 Å². The maximum atomic E-state index is 10.6. The van der Waals surface area contributed by atoms with Crippen molar-refractivity contribution in [3.63, 3.8) is 0 Å². The van der Waals surface area contributed by atoms with Crippen LogP contribution in [0.3, 0.4) is 0 Å². The summed E-state index contributed by atoms with van der Waals surface area (Å²) >= 11 is 0. The van der Waals surface area contributed by atoms with Crippen molar-refractivity contribution in [3.8, 4) is 0 Å². The minimum atomic E-state index is -0.707. The molecule has 3 heteroatoms. The molecule has 0 aromatic carbocycles. The zero-order valence-electron chi connectivity index (χ0n) is 12.4. The van der Waals surface area contributed by atoms with Crippen molar-refractivity contribution in [2.75, 3.05) is 14.1 Å². The smallest absolute Gasteiger partial charge is 0.303 e. The number of nitrogens with zero attached hydrogens (tertiary/aromatic N) is 1. The molecule has 2 unspecified atom stereocenters. The van der Waals surface area contributed by atoms with Crippen molar-refractivity contribution in [2.24, 2.45) is 5.92 Å². The van der Waals surface area contributed by atoms with Gasteiger partial charge in [0.05, 0.1) is 0 Å². The average molecular weight is 255 g/mol. The van der Waals surface area contributed by atoms with Crippen molar-refractivity contribution < 1.29 is 9.90 Å². The highest BCUT2D eigenvalue weighted by Gasteiger charge is 2.18. The fourth-order valence-electron chi connectivity index (χ4n) is 2.21. The van der Waals surface area contributed by atoms with Crippen LogP contribution in [0.2, 0.25) is 0 Å². The van der Waals surface area contributed by atoms with E-state index in [4.69, 9.17) is 5.11 Å². The number of carbonyl (C=O) groups is 1. The standard InChI is InChI=1S/C15H29NO2/c1-5-6-7-8-9-10-13(2)14(16(3)4)11-12-15(17)18/h9-10,13-14H,5-8,11-12H2,1-4H3,(H,17,18)/b10-9-. The lowest BCUT2D eigenvalue weighted by molar-refractivity contribution is -0.137. The first-order valence-corrected chi connectivity index (χ1v) is 7.03. The molecule has 106 valence electrons. The lowest BCUT2D eigenvalue weighted by Crippen LogP contribution is -2.33. The van der Waals surface area contributed by atoms with Crippen LogP contribution in [0.25, 0.3) is 0 Å². The van der Waals surface area contributed by atoms with E-state index in [-0.39, 0.29) is 6.42 Å². The minimum absolute atomic E-state index is 0.247. The molecule has 0 rings (SSSR count). The molecule has 0 aromatic rings. The van der Waals surface area contributed by atoms with Crippen LogP contribution in [0.4, 0.5) is 0 Å². The Kier molecular flexibility index (Phi) is 9.66. The SMILES string of the molecule is CCCCC/C=C\C(C)C(CCC(=O)O)N(C)C. The molecular formula is C15H29NO2. The highest BCUT2D eigenvalue weighted by molar-refractivity contribution is 5.66. The molecule has 0 amide bonds. The second-order valence-electron chi connectivity index (χ2n) is 5.25. The van der Waals surface area contributed by atoms with Crippen LogP contribution in [0.1, 0.15) is 52.4 Å². The largest absolute Gasteiger partial charge is 0.481 e. The van der Waals surface area contributed by atoms with E-state index in [9.17, 15) is 4.79 Å². The van der Waals surface area contributed by atoms with Crippen molar-refractivity contribution in [1.29, 1.82) is 0 Å². The number of allylic oxidation sites excluding steroid dienone is 1. The van der Waals surface area contributed by atoms with E-state index >= 15 is 0 Å². The second-order valence-corrected chi connectivity index (χ2v) is 5.25. The summed E-state index contributed by atoms with van der Waals surface area (Å²) < 4.78 is 0. The predicted molar refractivity (Wildman–Crippen MR) is 76.8 cm³/mol. The first-order valence-electron chi connectivity index (χ1n) is 7.03. The monoisotopic (exact) mass is 255 g/mol. The lowest BCUT2D eigenvalue weighted by atomic mass is 9.95. The molecule has 0 bridgehead atoms. The van der Waals surface area contributed by atoms with Gasteiger partial charge < -0.3 is 10.0 Å². The minimum Gasteiger partial charge on any atom is -0.481 e. The molecule has 0 saturated heterocycles. The summed E-state index contributed by atoms with van der Waals surface area (Å²) in [5.74, 6) is -0.304. The van der Waals surface area contributed by atoms with E-state index < -0.39 is 5.97 Å². The predicted octanol–water partition coefficient (Wildman–Crippen LogP) is 3.55. The maximum Gasteiger partial charge on any atom is 0.303 e. The van der Waals surface area contributed by atoms with Crippen LogP contribution in [-0.2, 0) is 4.79 Å². The molecule has 1 N–H and O–H groups in total. The number of hydrogen-bond donors (Lipinski definition) is 1. The van der Waals surface area contributed by atoms with Crippen LogP contribution >= 0.6 is 0 Å². The molecule has 0 aromatic heterocycles. The van der Waals surface area contributed by atoms with Crippen molar-refractivity contribution in [2.45, 2.75) is 58.4 Å². The molecule has 0 spiro atoms. The normalized spacial score (nSPS) is 15.2. The van der Waals surface area contributed by atoms with E-state index in [1.54, 1.807) is 0 Å². The Hall–Kier alpha value is -0.830. The van der Waals surface area contributed by atoms with Gasteiger partial charge in [-0.2, -0.15) is 0 Å². The Balaban J connectivity index is 4.12. The van der Waals surface area contributed by atoms with Gasteiger partial charge in [-0.1, -0.05) is 38.8 Å². The topological polar surface area (TPSA) is 40.5 Å². The fraction of sp³-hybridized carbons (Fsp3) is 0.800. The lowest BCUT2D eigenvalue weighted by Gasteiger charge is -2.28. The van der Waals surface area contributed by atoms with Crippen molar-refractivity contribution in [3.05, 3.63) is 12.2 Å². The maximum absolute atomic E-state index is 10.6. The first-order chi connectivity index (χ1) is 8.49. The Bertz CT molecular complexity index is 249. The number of unbranched alkanes of at least 4 members (excludes halogenated alkanes) is 3. The fourth-order valence-corrected chi connectivity index (χ4v) is 2.21. The van der Waals surface area contributed by atoms with E-state index in [0.29, 0.717) is 18.4 Å². The Morgan fingerprint density at radius 2 is 2.00 bits per heavy atom. The van der Waals surface area contributed by atoms with Gasteiger partial charge in [0.2, 0.25) is 0 Å². The summed E-state index contributed by atoms with van der Waals surface area (Å²) in [6.07, 6.45) is 10.4. The van der Waals surface area contributed by atoms with E-state index in [0.717, 1.165) is 6.42 Å². The third kappa shape index (κ3) is 8.29. The number of aliphatic carboxylic acids is 1. The van der Waals surface area contributed by atoms with Gasteiger partial charge >= 0.3 is 5.97 Å². The van der Waals surface area contributed by atoms with E-state index in [2.05, 4.69) is 30.9 Å². The number of carboxylic acids is 1. The molecule has 0 aliphatic rings. The molecule has 0 aliphatic heterocycles. The summed E-state index contributed by atoms with van der Waals surface area (Å²) in [6, 6.07) is 0.309. The van der Waals surface area contributed by atoms with Crippen LogP contribution in [-0.4, -0.2) is 36.1 Å². The van der Waals surface area contributed by atoms with Gasteiger partial charge in [-0.05, 0) is 39.3 Å². The molecule has 18 heavy (non-hydrogen) atoms. The van der Waals surface area contributed by atoms with Gasteiger partial charge in [0.25, 0.3) is 0 Å². The highest BCUT2D eigenvalue weighted by atomic mass is 16.4. The second kappa shape index (κ2) is 10.1. The zero-order chi connectivity index (χ0) is 14.0. The molecule has 0 radical (unpaired) electrons. The summed E-state index contributed by atoms with van der Waals surface area (Å²) in [6.45, 7) is 4.38. The van der Waals surface area contributed by atoms with Crippen LogP contribution < -0.4 is 0 Å². The molecule has 0 aliphatic carbocycles. The van der Waals surface area contributed by atoms with Gasteiger partial charge in [0, 0.05) is 12.5 Å². The number of hydrogen-bond acceptors (Lipinski definition) is 2. The third-order valence-electron chi connectivity index (χ3n) is 3.34. The molecule has 0 saturated carbocycles. The molecule has 2 atom stereocenters. The van der Waals surface area contributed by atoms with Gasteiger partial charge in [-0.15, -0.1) is 0 Å². The number of rotatable bonds is 10.